The third-order valence-electron chi connectivity index (χ3n) is 5.52. The fourth-order valence-corrected chi connectivity index (χ4v) is 3.89. The highest BCUT2D eigenvalue weighted by Gasteiger charge is 2.34. The average molecular weight is 382 g/mol. The summed E-state index contributed by atoms with van der Waals surface area (Å²) in [4.78, 5) is 25.6. The van der Waals surface area contributed by atoms with Crippen LogP contribution in [-0.4, -0.2) is 39.7 Å². The van der Waals surface area contributed by atoms with Gasteiger partial charge in [0.15, 0.2) is 0 Å². The van der Waals surface area contributed by atoms with Crippen LogP contribution in [0.15, 0.2) is 30.3 Å². The van der Waals surface area contributed by atoms with E-state index in [0.717, 1.165) is 23.7 Å². The van der Waals surface area contributed by atoms with Crippen molar-refractivity contribution in [1.29, 1.82) is 5.26 Å². The van der Waals surface area contributed by atoms with Crippen molar-refractivity contribution < 1.29 is 14.7 Å². The molecule has 1 aromatic carbocycles. The third-order valence-corrected chi connectivity index (χ3v) is 5.52. The standard InChI is InChI=1S/C21H26N4O3/c1-13(26)17(12-22)24-20(27)15-8-4-5-9-16(15)23-21(28)19-11-14-7-3-6-10-18(14)25(19)2/h3,6-7,10-11,13,15-17,26H,4-5,8-9H2,1-2H3,(H,23,28)(H,24,27). The number of para-hydroxylation sites is 1. The van der Waals surface area contributed by atoms with E-state index in [2.05, 4.69) is 10.6 Å². The lowest BCUT2D eigenvalue weighted by atomic mass is 9.83. The molecule has 0 radical (unpaired) electrons. The van der Waals surface area contributed by atoms with Crippen LogP contribution in [0.5, 0.6) is 0 Å². The van der Waals surface area contributed by atoms with Crippen LogP contribution >= 0.6 is 0 Å². The molecule has 28 heavy (non-hydrogen) atoms. The van der Waals surface area contributed by atoms with Crippen molar-refractivity contribution in [3.63, 3.8) is 0 Å². The summed E-state index contributed by atoms with van der Waals surface area (Å²) in [6.45, 7) is 1.47. The first-order valence-electron chi connectivity index (χ1n) is 9.65. The van der Waals surface area contributed by atoms with Gasteiger partial charge in [-0.15, -0.1) is 0 Å². The van der Waals surface area contributed by atoms with Gasteiger partial charge in [0.25, 0.3) is 5.91 Å². The van der Waals surface area contributed by atoms with Gasteiger partial charge in [-0.1, -0.05) is 31.0 Å². The maximum absolute atomic E-state index is 12.9. The number of nitriles is 1. The summed E-state index contributed by atoms with van der Waals surface area (Å²) in [6.07, 6.45) is 2.22. The highest BCUT2D eigenvalue weighted by molar-refractivity contribution is 5.99. The highest BCUT2D eigenvalue weighted by Crippen LogP contribution is 2.26. The number of hydrogen-bond donors (Lipinski definition) is 3. The number of amides is 2. The summed E-state index contributed by atoms with van der Waals surface area (Å²) in [5.41, 5.74) is 1.52. The van der Waals surface area contributed by atoms with Gasteiger partial charge < -0.3 is 20.3 Å². The zero-order chi connectivity index (χ0) is 20.3. The number of fused-ring (bicyclic) bond motifs is 1. The molecule has 0 saturated heterocycles. The third kappa shape index (κ3) is 4.02. The number of benzene rings is 1. The SMILES string of the molecule is CC(O)C(C#N)NC(=O)C1CCCCC1NC(=O)c1cc2ccccc2n1C. The second-order valence-corrected chi connectivity index (χ2v) is 7.47. The molecule has 0 aliphatic heterocycles. The van der Waals surface area contributed by atoms with E-state index in [1.165, 1.54) is 6.92 Å². The molecule has 1 aliphatic rings. The average Bonchev–Trinajstić information content (AvgIpc) is 3.03. The molecule has 7 heteroatoms. The fourth-order valence-electron chi connectivity index (χ4n) is 3.89. The molecule has 1 aliphatic carbocycles. The lowest BCUT2D eigenvalue weighted by molar-refractivity contribution is -0.127. The van der Waals surface area contributed by atoms with E-state index in [1.807, 2.05) is 48.0 Å². The minimum Gasteiger partial charge on any atom is -0.390 e. The molecular formula is C21H26N4O3. The quantitative estimate of drug-likeness (QED) is 0.733. The lowest BCUT2D eigenvalue weighted by Crippen LogP contribution is -2.51. The summed E-state index contributed by atoms with van der Waals surface area (Å²) in [5, 5.41) is 25.3. The van der Waals surface area contributed by atoms with Crippen LogP contribution in [0.2, 0.25) is 0 Å². The van der Waals surface area contributed by atoms with Crippen molar-refractivity contribution in [3.8, 4) is 6.07 Å². The Labute approximate surface area is 164 Å². The normalized spacial score (nSPS) is 21.5. The molecule has 1 saturated carbocycles. The van der Waals surface area contributed by atoms with Gasteiger partial charge in [0.2, 0.25) is 5.91 Å². The maximum atomic E-state index is 12.9. The lowest BCUT2D eigenvalue weighted by Gasteiger charge is -2.32. The molecule has 3 N–H and O–H groups in total. The minimum atomic E-state index is -0.957. The van der Waals surface area contributed by atoms with E-state index in [4.69, 9.17) is 5.26 Å². The molecule has 148 valence electrons. The Morgan fingerprint density at radius 1 is 1.29 bits per heavy atom. The number of aliphatic hydroxyl groups is 1. The van der Waals surface area contributed by atoms with Crippen molar-refractivity contribution in [2.24, 2.45) is 13.0 Å². The monoisotopic (exact) mass is 382 g/mol. The molecule has 2 amide bonds. The zero-order valence-corrected chi connectivity index (χ0v) is 16.2. The molecule has 3 rings (SSSR count). The van der Waals surface area contributed by atoms with E-state index in [-0.39, 0.29) is 17.9 Å². The first-order valence-corrected chi connectivity index (χ1v) is 9.65. The summed E-state index contributed by atoms with van der Waals surface area (Å²) in [6, 6.07) is 10.3. The Kier molecular flexibility index (Phi) is 6.00. The van der Waals surface area contributed by atoms with Crippen LogP contribution in [0, 0.1) is 17.2 Å². The van der Waals surface area contributed by atoms with Crippen LogP contribution in [0.4, 0.5) is 0 Å². The van der Waals surface area contributed by atoms with E-state index in [0.29, 0.717) is 18.5 Å². The van der Waals surface area contributed by atoms with E-state index in [1.54, 1.807) is 0 Å². The van der Waals surface area contributed by atoms with E-state index in [9.17, 15) is 14.7 Å². The number of nitrogens with zero attached hydrogens (tertiary/aromatic N) is 2. The molecule has 4 unspecified atom stereocenters. The topological polar surface area (TPSA) is 107 Å². The number of aliphatic hydroxyl groups excluding tert-OH is 1. The molecule has 7 nitrogen and oxygen atoms in total. The highest BCUT2D eigenvalue weighted by atomic mass is 16.3. The summed E-state index contributed by atoms with van der Waals surface area (Å²) in [5.74, 6) is -0.924. The fraction of sp³-hybridized carbons (Fsp3) is 0.476. The van der Waals surface area contributed by atoms with Gasteiger partial charge in [-0.05, 0) is 31.9 Å². The van der Waals surface area contributed by atoms with Crippen LogP contribution in [0.25, 0.3) is 10.9 Å². The molecule has 4 atom stereocenters. The number of aromatic nitrogens is 1. The molecule has 1 aromatic heterocycles. The van der Waals surface area contributed by atoms with Gasteiger partial charge in [-0.25, -0.2) is 0 Å². The number of carbonyl (C=O) groups is 2. The van der Waals surface area contributed by atoms with Gasteiger partial charge >= 0.3 is 0 Å². The van der Waals surface area contributed by atoms with Gasteiger partial charge in [-0.2, -0.15) is 5.26 Å². The van der Waals surface area contributed by atoms with Crippen LogP contribution < -0.4 is 10.6 Å². The van der Waals surface area contributed by atoms with Crippen LogP contribution in [-0.2, 0) is 11.8 Å². The molecule has 0 bridgehead atoms. The summed E-state index contributed by atoms with van der Waals surface area (Å²) >= 11 is 0. The smallest absolute Gasteiger partial charge is 0.268 e. The number of aryl methyl sites for hydroxylation is 1. The summed E-state index contributed by atoms with van der Waals surface area (Å²) in [7, 11) is 1.85. The largest absolute Gasteiger partial charge is 0.390 e. The predicted octanol–water partition coefficient (Wildman–Crippen LogP) is 1.86. The van der Waals surface area contributed by atoms with E-state index < -0.39 is 18.1 Å². The molecule has 2 aromatic rings. The number of rotatable bonds is 5. The van der Waals surface area contributed by atoms with Gasteiger partial charge in [0.1, 0.15) is 11.7 Å². The van der Waals surface area contributed by atoms with Gasteiger partial charge in [0.05, 0.1) is 18.1 Å². The number of carbonyl (C=O) groups excluding carboxylic acids is 2. The van der Waals surface area contributed by atoms with Crippen molar-refractivity contribution in [1.82, 2.24) is 15.2 Å². The molecule has 0 spiro atoms. The Hall–Kier alpha value is -2.85. The number of nitrogens with one attached hydrogen (secondary N) is 2. The second kappa shape index (κ2) is 8.44. The van der Waals surface area contributed by atoms with Crippen molar-refractivity contribution in [3.05, 3.63) is 36.0 Å². The molecule has 1 heterocycles. The Balaban J connectivity index is 1.75. The van der Waals surface area contributed by atoms with Crippen LogP contribution in [0.3, 0.4) is 0 Å². The second-order valence-electron chi connectivity index (χ2n) is 7.47. The van der Waals surface area contributed by atoms with Gasteiger partial charge in [0, 0.05) is 24.0 Å². The molecule has 1 fully saturated rings. The van der Waals surface area contributed by atoms with Crippen molar-refractivity contribution in [2.75, 3.05) is 0 Å². The predicted molar refractivity (Wildman–Crippen MR) is 105 cm³/mol. The van der Waals surface area contributed by atoms with Crippen LogP contribution in [0.1, 0.15) is 43.1 Å². The van der Waals surface area contributed by atoms with Crippen molar-refractivity contribution in [2.45, 2.75) is 50.8 Å². The minimum absolute atomic E-state index is 0.212. The first-order chi connectivity index (χ1) is 13.4. The zero-order valence-electron chi connectivity index (χ0n) is 16.2. The van der Waals surface area contributed by atoms with E-state index >= 15 is 0 Å². The maximum Gasteiger partial charge on any atom is 0.268 e. The Morgan fingerprint density at radius 2 is 2.00 bits per heavy atom. The van der Waals surface area contributed by atoms with Crippen molar-refractivity contribution >= 4 is 22.7 Å². The first kappa shape index (κ1) is 19.9. The summed E-state index contributed by atoms with van der Waals surface area (Å²) < 4.78 is 1.85. The Bertz CT molecular complexity index is 912. The Morgan fingerprint density at radius 3 is 2.68 bits per heavy atom. The molecular weight excluding hydrogens is 356 g/mol. The number of hydrogen-bond acceptors (Lipinski definition) is 4. The van der Waals surface area contributed by atoms with Gasteiger partial charge in [-0.3, -0.25) is 9.59 Å².